The summed E-state index contributed by atoms with van der Waals surface area (Å²) < 4.78 is 0. The molecule has 0 amide bonds. The number of hydrogen-bond acceptors (Lipinski definition) is 4. The molecule has 1 aromatic heterocycles. The predicted octanol–water partition coefficient (Wildman–Crippen LogP) is 1.36. The van der Waals surface area contributed by atoms with Crippen molar-refractivity contribution in [1.82, 2.24) is 25.9 Å². The standard InChI is InChI=1S/C13H21N5/c1-8-2-10-4-9(1)5-11(3-8)12(10)6-14-7-13-15-17-18-16-13/h8-12,14H,1-7H2,(H,15,16,17,18). The highest BCUT2D eigenvalue weighted by molar-refractivity contribution is 4.98. The van der Waals surface area contributed by atoms with Gasteiger partial charge in [-0.25, -0.2) is 0 Å². The third-order valence-corrected chi connectivity index (χ3v) is 5.47. The second-order valence-corrected chi connectivity index (χ2v) is 6.55. The number of aromatic nitrogens is 4. The molecule has 1 aromatic rings. The van der Waals surface area contributed by atoms with Gasteiger partial charge in [-0.3, -0.25) is 0 Å². The van der Waals surface area contributed by atoms with E-state index in [0.717, 1.165) is 48.5 Å². The summed E-state index contributed by atoms with van der Waals surface area (Å²) in [5.41, 5.74) is 0. The number of aromatic amines is 1. The maximum atomic E-state index is 3.98. The van der Waals surface area contributed by atoms with E-state index in [0.29, 0.717) is 0 Å². The summed E-state index contributed by atoms with van der Waals surface area (Å²) in [5.74, 6) is 5.82. The van der Waals surface area contributed by atoms with E-state index in [-0.39, 0.29) is 0 Å². The lowest BCUT2D eigenvalue weighted by Gasteiger charge is -2.54. The Bertz CT molecular complexity index is 374. The molecule has 5 rings (SSSR count). The third-order valence-electron chi connectivity index (χ3n) is 5.47. The molecule has 0 unspecified atom stereocenters. The normalized spacial score (nSPS) is 41.4. The van der Waals surface area contributed by atoms with Crippen molar-refractivity contribution in [2.45, 2.75) is 38.6 Å². The van der Waals surface area contributed by atoms with Gasteiger partial charge in [0.15, 0.2) is 5.82 Å². The minimum absolute atomic E-state index is 0.749. The Morgan fingerprint density at radius 2 is 1.78 bits per heavy atom. The Labute approximate surface area is 107 Å². The van der Waals surface area contributed by atoms with Gasteiger partial charge in [0.1, 0.15) is 0 Å². The Morgan fingerprint density at radius 1 is 1.06 bits per heavy atom. The van der Waals surface area contributed by atoms with E-state index in [9.17, 15) is 0 Å². The van der Waals surface area contributed by atoms with E-state index < -0.39 is 0 Å². The second kappa shape index (κ2) is 4.30. The lowest BCUT2D eigenvalue weighted by Crippen LogP contribution is -2.48. The first-order valence-electron chi connectivity index (χ1n) is 7.31. The summed E-state index contributed by atoms with van der Waals surface area (Å²) in [7, 11) is 0. The number of tetrazole rings is 1. The van der Waals surface area contributed by atoms with Gasteiger partial charge in [0.2, 0.25) is 0 Å². The van der Waals surface area contributed by atoms with Gasteiger partial charge >= 0.3 is 0 Å². The monoisotopic (exact) mass is 247 g/mol. The first-order chi connectivity index (χ1) is 8.88. The predicted molar refractivity (Wildman–Crippen MR) is 66.4 cm³/mol. The fourth-order valence-corrected chi connectivity index (χ4v) is 4.98. The maximum absolute atomic E-state index is 3.98. The van der Waals surface area contributed by atoms with Gasteiger partial charge in [-0.1, -0.05) is 5.21 Å². The number of hydrogen-bond donors (Lipinski definition) is 2. The van der Waals surface area contributed by atoms with E-state index in [2.05, 4.69) is 25.9 Å². The summed E-state index contributed by atoms with van der Waals surface area (Å²) in [6.07, 6.45) is 7.54. The van der Waals surface area contributed by atoms with Gasteiger partial charge in [-0.2, -0.15) is 5.21 Å². The molecule has 2 N–H and O–H groups in total. The highest BCUT2D eigenvalue weighted by atomic mass is 15.5. The smallest absolute Gasteiger partial charge is 0.188 e. The van der Waals surface area contributed by atoms with Gasteiger partial charge in [0.25, 0.3) is 0 Å². The Hall–Kier alpha value is -0.970. The zero-order valence-electron chi connectivity index (χ0n) is 10.7. The molecule has 4 bridgehead atoms. The van der Waals surface area contributed by atoms with Crippen molar-refractivity contribution in [3.8, 4) is 0 Å². The van der Waals surface area contributed by atoms with Crippen LogP contribution in [-0.2, 0) is 6.54 Å². The van der Waals surface area contributed by atoms with Gasteiger partial charge in [-0.15, -0.1) is 10.2 Å². The summed E-state index contributed by atoms with van der Waals surface area (Å²) in [5, 5.41) is 17.6. The minimum Gasteiger partial charge on any atom is -0.309 e. The van der Waals surface area contributed by atoms with Crippen molar-refractivity contribution < 1.29 is 0 Å². The van der Waals surface area contributed by atoms with Crippen LogP contribution >= 0.6 is 0 Å². The van der Waals surface area contributed by atoms with Crippen molar-refractivity contribution in [2.75, 3.05) is 6.54 Å². The highest BCUT2D eigenvalue weighted by Crippen LogP contribution is 2.56. The molecule has 0 aromatic carbocycles. The molecule has 0 saturated heterocycles. The minimum atomic E-state index is 0.749. The lowest BCUT2D eigenvalue weighted by atomic mass is 9.52. The van der Waals surface area contributed by atoms with E-state index in [1.54, 1.807) is 0 Å². The van der Waals surface area contributed by atoms with Gasteiger partial charge in [-0.05, 0) is 68.2 Å². The average Bonchev–Trinajstić information content (AvgIpc) is 2.85. The molecular formula is C13H21N5. The van der Waals surface area contributed by atoms with Crippen molar-refractivity contribution in [3.05, 3.63) is 5.82 Å². The quantitative estimate of drug-likeness (QED) is 0.843. The lowest BCUT2D eigenvalue weighted by molar-refractivity contribution is -0.0356. The van der Waals surface area contributed by atoms with Crippen molar-refractivity contribution in [2.24, 2.45) is 29.6 Å². The van der Waals surface area contributed by atoms with Crippen LogP contribution in [0.3, 0.4) is 0 Å². The van der Waals surface area contributed by atoms with Crippen molar-refractivity contribution in [1.29, 1.82) is 0 Å². The molecule has 0 radical (unpaired) electrons. The molecule has 18 heavy (non-hydrogen) atoms. The molecule has 4 aliphatic carbocycles. The maximum Gasteiger partial charge on any atom is 0.188 e. The van der Waals surface area contributed by atoms with Crippen LogP contribution < -0.4 is 5.32 Å². The second-order valence-electron chi connectivity index (χ2n) is 6.55. The largest absolute Gasteiger partial charge is 0.309 e. The molecule has 4 saturated carbocycles. The molecule has 4 fully saturated rings. The number of nitrogens with zero attached hydrogens (tertiary/aromatic N) is 3. The van der Waals surface area contributed by atoms with Crippen LogP contribution in [0.25, 0.3) is 0 Å². The number of H-pyrrole nitrogens is 1. The van der Waals surface area contributed by atoms with Gasteiger partial charge in [0.05, 0.1) is 6.54 Å². The topological polar surface area (TPSA) is 66.5 Å². The molecule has 98 valence electrons. The van der Waals surface area contributed by atoms with Crippen molar-refractivity contribution in [3.63, 3.8) is 0 Å². The highest BCUT2D eigenvalue weighted by Gasteiger charge is 2.47. The first-order valence-corrected chi connectivity index (χ1v) is 7.31. The van der Waals surface area contributed by atoms with E-state index in [4.69, 9.17) is 0 Å². The van der Waals surface area contributed by atoms with Gasteiger partial charge < -0.3 is 5.32 Å². The molecule has 4 aliphatic rings. The SMILES string of the molecule is C(NCC1C2CC3CC(C2)CC1C3)c1nn[nH]n1. The van der Waals surface area contributed by atoms with Crippen LogP contribution in [0.15, 0.2) is 0 Å². The summed E-state index contributed by atoms with van der Waals surface area (Å²) in [6, 6.07) is 0. The van der Waals surface area contributed by atoms with Crippen LogP contribution in [0.5, 0.6) is 0 Å². The fraction of sp³-hybridized carbons (Fsp3) is 0.923. The van der Waals surface area contributed by atoms with Crippen LogP contribution in [0.1, 0.15) is 37.9 Å². The fourth-order valence-electron chi connectivity index (χ4n) is 4.98. The number of nitrogens with one attached hydrogen (secondary N) is 2. The van der Waals surface area contributed by atoms with E-state index in [1.807, 2.05) is 0 Å². The zero-order valence-corrected chi connectivity index (χ0v) is 10.7. The average molecular weight is 247 g/mol. The van der Waals surface area contributed by atoms with Crippen molar-refractivity contribution >= 4 is 0 Å². The first kappa shape index (κ1) is 10.9. The van der Waals surface area contributed by atoms with Crippen LogP contribution in [0.2, 0.25) is 0 Å². The Morgan fingerprint density at radius 3 is 2.39 bits per heavy atom. The molecule has 5 nitrogen and oxygen atoms in total. The molecule has 0 aliphatic heterocycles. The van der Waals surface area contributed by atoms with E-state index >= 15 is 0 Å². The van der Waals surface area contributed by atoms with Crippen LogP contribution in [0.4, 0.5) is 0 Å². The molecule has 0 atom stereocenters. The summed E-state index contributed by atoms with van der Waals surface area (Å²) >= 11 is 0. The molecular weight excluding hydrogens is 226 g/mol. The molecule has 5 heteroatoms. The Balaban J connectivity index is 1.35. The van der Waals surface area contributed by atoms with Crippen LogP contribution in [-0.4, -0.2) is 27.2 Å². The van der Waals surface area contributed by atoms with Gasteiger partial charge in [0, 0.05) is 0 Å². The number of rotatable bonds is 4. The summed E-state index contributed by atoms with van der Waals surface area (Å²) in [4.78, 5) is 0. The molecule has 1 heterocycles. The molecule has 0 spiro atoms. The zero-order chi connectivity index (χ0) is 11.9. The Kier molecular flexibility index (Phi) is 2.60. The summed E-state index contributed by atoms with van der Waals surface area (Å²) in [6.45, 7) is 1.89. The third kappa shape index (κ3) is 1.85. The van der Waals surface area contributed by atoms with Crippen LogP contribution in [0, 0.1) is 29.6 Å². The van der Waals surface area contributed by atoms with E-state index in [1.165, 1.54) is 32.1 Å².